The molecule has 1 unspecified atom stereocenters. The molecule has 0 saturated heterocycles. The molecule has 0 spiro atoms. The Morgan fingerprint density at radius 2 is 2.08 bits per heavy atom. The number of hydrogen-bond donors (Lipinski definition) is 1. The fraction of sp³-hybridized carbons (Fsp3) is 0.400. The molecule has 5 heteroatoms. The van der Waals surface area contributed by atoms with Gasteiger partial charge in [-0.15, -0.1) is 0 Å². The standard InChI is InChI=1S/C20H23N3O2/c1-14-7-10-17-20(21-14)25-12-11-23(17)13-18(24)22-19(16-8-9-16)15-5-3-2-4-6-15/h2-7,10,16,19H,8-9,11-13H2,1H3,(H,22,24). The van der Waals surface area contributed by atoms with Crippen LogP contribution in [0.1, 0.15) is 30.1 Å². The second-order valence-electron chi connectivity index (χ2n) is 6.84. The predicted octanol–water partition coefficient (Wildman–Crippen LogP) is 2.86. The summed E-state index contributed by atoms with van der Waals surface area (Å²) in [5.41, 5.74) is 3.01. The van der Waals surface area contributed by atoms with Gasteiger partial charge in [0.05, 0.1) is 19.1 Å². The van der Waals surface area contributed by atoms with Crippen LogP contribution >= 0.6 is 0 Å². The molecule has 0 radical (unpaired) electrons. The Labute approximate surface area is 148 Å². The van der Waals surface area contributed by atoms with Crippen LogP contribution in [0.15, 0.2) is 42.5 Å². The van der Waals surface area contributed by atoms with Gasteiger partial charge in [-0.05, 0) is 43.4 Å². The first-order valence-electron chi connectivity index (χ1n) is 8.90. The molecule has 1 amide bonds. The van der Waals surface area contributed by atoms with E-state index in [0.29, 0.717) is 31.5 Å². The van der Waals surface area contributed by atoms with Crippen LogP contribution in [0.25, 0.3) is 0 Å². The number of carbonyl (C=O) groups excluding carboxylic acids is 1. The molecule has 1 N–H and O–H groups in total. The average Bonchev–Trinajstić information content (AvgIpc) is 3.45. The number of pyridine rings is 1. The number of aromatic nitrogens is 1. The van der Waals surface area contributed by atoms with Gasteiger partial charge >= 0.3 is 0 Å². The van der Waals surface area contributed by atoms with E-state index in [4.69, 9.17) is 4.74 Å². The molecule has 5 nitrogen and oxygen atoms in total. The highest BCUT2D eigenvalue weighted by molar-refractivity contribution is 5.82. The minimum atomic E-state index is 0.0502. The fourth-order valence-corrected chi connectivity index (χ4v) is 3.37. The quantitative estimate of drug-likeness (QED) is 0.911. The molecule has 1 fully saturated rings. The number of amides is 1. The third-order valence-electron chi connectivity index (χ3n) is 4.82. The van der Waals surface area contributed by atoms with Gasteiger partial charge in [-0.3, -0.25) is 4.79 Å². The van der Waals surface area contributed by atoms with Crippen molar-refractivity contribution >= 4 is 11.6 Å². The number of benzene rings is 1. The summed E-state index contributed by atoms with van der Waals surface area (Å²) in [6.45, 7) is 3.53. The van der Waals surface area contributed by atoms with Crippen LogP contribution < -0.4 is 15.0 Å². The van der Waals surface area contributed by atoms with E-state index in [1.807, 2.05) is 37.3 Å². The molecule has 2 heterocycles. The molecule has 1 aliphatic heterocycles. The first-order valence-corrected chi connectivity index (χ1v) is 8.90. The van der Waals surface area contributed by atoms with Crippen LogP contribution in [0, 0.1) is 12.8 Å². The number of nitrogens with zero attached hydrogens (tertiary/aromatic N) is 2. The second kappa shape index (κ2) is 6.75. The second-order valence-corrected chi connectivity index (χ2v) is 6.84. The number of carbonyl (C=O) groups is 1. The molecule has 1 atom stereocenters. The lowest BCUT2D eigenvalue weighted by atomic mass is 10.0. The van der Waals surface area contributed by atoms with Crippen molar-refractivity contribution in [2.75, 3.05) is 24.6 Å². The van der Waals surface area contributed by atoms with Crippen LogP contribution in [-0.2, 0) is 4.79 Å². The van der Waals surface area contributed by atoms with Crippen LogP contribution in [0.5, 0.6) is 5.88 Å². The minimum Gasteiger partial charge on any atom is -0.474 e. The fourth-order valence-electron chi connectivity index (χ4n) is 3.37. The van der Waals surface area contributed by atoms with Crippen LogP contribution in [-0.4, -0.2) is 30.6 Å². The van der Waals surface area contributed by atoms with Gasteiger partial charge < -0.3 is 15.0 Å². The van der Waals surface area contributed by atoms with Crippen molar-refractivity contribution in [3.63, 3.8) is 0 Å². The Bertz CT molecular complexity index is 759. The van der Waals surface area contributed by atoms with E-state index in [1.165, 1.54) is 18.4 Å². The summed E-state index contributed by atoms with van der Waals surface area (Å²) in [4.78, 5) is 19.2. The van der Waals surface area contributed by atoms with Crippen molar-refractivity contribution in [3.8, 4) is 5.88 Å². The van der Waals surface area contributed by atoms with E-state index in [-0.39, 0.29) is 11.9 Å². The van der Waals surface area contributed by atoms with Crippen LogP contribution in [0.4, 0.5) is 5.69 Å². The summed E-state index contributed by atoms with van der Waals surface area (Å²) < 4.78 is 5.63. The number of anilines is 1. The highest BCUT2D eigenvalue weighted by atomic mass is 16.5. The summed E-state index contributed by atoms with van der Waals surface area (Å²) in [6, 6.07) is 14.3. The molecule has 2 aromatic rings. The van der Waals surface area contributed by atoms with E-state index in [1.54, 1.807) is 0 Å². The van der Waals surface area contributed by atoms with Crippen molar-refractivity contribution in [1.82, 2.24) is 10.3 Å². The number of rotatable bonds is 5. The minimum absolute atomic E-state index is 0.0502. The first kappa shape index (κ1) is 15.9. The Morgan fingerprint density at radius 1 is 1.28 bits per heavy atom. The maximum atomic E-state index is 12.7. The number of nitrogens with one attached hydrogen (secondary N) is 1. The SMILES string of the molecule is Cc1ccc2c(n1)OCCN2CC(=O)NC(c1ccccc1)C1CC1. The molecule has 1 aromatic heterocycles. The zero-order valence-corrected chi connectivity index (χ0v) is 14.4. The van der Waals surface area contributed by atoms with Crippen molar-refractivity contribution in [1.29, 1.82) is 0 Å². The molecule has 0 bridgehead atoms. The summed E-state index contributed by atoms with van der Waals surface area (Å²) in [5, 5.41) is 3.24. The molecule has 25 heavy (non-hydrogen) atoms. The van der Waals surface area contributed by atoms with Crippen molar-refractivity contribution in [3.05, 3.63) is 53.7 Å². The van der Waals surface area contributed by atoms with Crippen molar-refractivity contribution in [2.24, 2.45) is 5.92 Å². The van der Waals surface area contributed by atoms with Gasteiger partial charge in [0.15, 0.2) is 0 Å². The number of aryl methyl sites for hydroxylation is 1. The summed E-state index contributed by atoms with van der Waals surface area (Å²) in [7, 11) is 0. The van der Waals surface area contributed by atoms with Gasteiger partial charge in [-0.25, -0.2) is 4.98 Å². The number of fused-ring (bicyclic) bond motifs is 1. The Morgan fingerprint density at radius 3 is 2.84 bits per heavy atom. The van der Waals surface area contributed by atoms with E-state index in [0.717, 1.165) is 11.4 Å². The highest BCUT2D eigenvalue weighted by Crippen LogP contribution is 2.41. The summed E-state index contributed by atoms with van der Waals surface area (Å²) in [6.07, 6.45) is 2.37. The van der Waals surface area contributed by atoms with Crippen molar-refractivity contribution < 1.29 is 9.53 Å². The molecule has 2 aliphatic rings. The smallest absolute Gasteiger partial charge is 0.240 e. The first-order chi connectivity index (χ1) is 12.2. The van der Waals surface area contributed by atoms with E-state index < -0.39 is 0 Å². The summed E-state index contributed by atoms with van der Waals surface area (Å²) in [5.74, 6) is 1.24. The van der Waals surface area contributed by atoms with Gasteiger partial charge in [-0.1, -0.05) is 30.3 Å². The normalized spacial score (nSPS) is 17.4. The average molecular weight is 337 g/mol. The lowest BCUT2D eigenvalue weighted by Crippen LogP contribution is -2.42. The summed E-state index contributed by atoms with van der Waals surface area (Å²) >= 11 is 0. The van der Waals surface area contributed by atoms with Crippen LogP contribution in [0.2, 0.25) is 0 Å². The number of hydrogen-bond acceptors (Lipinski definition) is 4. The zero-order valence-electron chi connectivity index (χ0n) is 14.4. The predicted molar refractivity (Wildman–Crippen MR) is 96.7 cm³/mol. The lowest BCUT2D eigenvalue weighted by Gasteiger charge is -2.30. The third kappa shape index (κ3) is 3.60. The molecule has 1 aromatic carbocycles. The zero-order chi connectivity index (χ0) is 17.2. The highest BCUT2D eigenvalue weighted by Gasteiger charge is 2.33. The van der Waals surface area contributed by atoms with Gasteiger partial charge in [0.1, 0.15) is 12.3 Å². The van der Waals surface area contributed by atoms with E-state index >= 15 is 0 Å². The molecule has 4 rings (SSSR count). The largest absolute Gasteiger partial charge is 0.474 e. The monoisotopic (exact) mass is 337 g/mol. The lowest BCUT2D eigenvalue weighted by molar-refractivity contribution is -0.120. The van der Waals surface area contributed by atoms with E-state index in [2.05, 4.69) is 27.3 Å². The van der Waals surface area contributed by atoms with Crippen molar-refractivity contribution in [2.45, 2.75) is 25.8 Å². The number of ether oxygens (including phenoxy) is 1. The Balaban J connectivity index is 1.46. The molecular weight excluding hydrogens is 314 g/mol. The Hall–Kier alpha value is -2.56. The maximum Gasteiger partial charge on any atom is 0.240 e. The Kier molecular flexibility index (Phi) is 4.30. The molecule has 1 aliphatic carbocycles. The topological polar surface area (TPSA) is 54.5 Å². The van der Waals surface area contributed by atoms with Crippen LogP contribution in [0.3, 0.4) is 0 Å². The van der Waals surface area contributed by atoms with Gasteiger partial charge in [0.25, 0.3) is 0 Å². The van der Waals surface area contributed by atoms with Gasteiger partial charge in [0, 0.05) is 5.69 Å². The third-order valence-corrected chi connectivity index (χ3v) is 4.82. The molecule has 1 saturated carbocycles. The van der Waals surface area contributed by atoms with E-state index in [9.17, 15) is 4.79 Å². The molecule has 130 valence electrons. The molecular formula is C20H23N3O2. The van der Waals surface area contributed by atoms with Gasteiger partial charge in [-0.2, -0.15) is 0 Å². The maximum absolute atomic E-state index is 12.7. The van der Waals surface area contributed by atoms with Gasteiger partial charge in [0.2, 0.25) is 11.8 Å².